The van der Waals surface area contributed by atoms with Crippen LogP contribution in [-0.2, 0) is 16.1 Å². The highest BCUT2D eigenvalue weighted by molar-refractivity contribution is 7.15. The van der Waals surface area contributed by atoms with Crippen LogP contribution in [0.2, 0.25) is 0 Å². The molecule has 0 atom stereocenters. The molecule has 0 bridgehead atoms. The first kappa shape index (κ1) is 17.3. The lowest BCUT2D eigenvalue weighted by molar-refractivity contribution is -0.118. The first-order chi connectivity index (χ1) is 12.1. The Morgan fingerprint density at radius 2 is 2.24 bits per heavy atom. The van der Waals surface area contributed by atoms with E-state index in [-0.39, 0.29) is 12.5 Å². The average Bonchev–Trinajstić information content (AvgIpc) is 3.23. The molecule has 1 amide bonds. The van der Waals surface area contributed by atoms with Crippen LogP contribution in [0.5, 0.6) is 5.75 Å². The van der Waals surface area contributed by atoms with E-state index in [1.807, 2.05) is 23.6 Å². The lowest BCUT2D eigenvalue weighted by Crippen LogP contribution is -2.20. The lowest BCUT2D eigenvalue weighted by atomic mass is 10.2. The number of benzene rings is 1. The van der Waals surface area contributed by atoms with Crippen molar-refractivity contribution in [3.8, 4) is 17.0 Å². The molecule has 0 aliphatic rings. The zero-order valence-corrected chi connectivity index (χ0v) is 14.9. The zero-order valence-electron chi connectivity index (χ0n) is 13.3. The average molecular weight is 377 g/mol. The van der Waals surface area contributed by atoms with Gasteiger partial charge in [-0.1, -0.05) is 23.5 Å². The molecule has 10 heteroatoms. The first-order valence-electron chi connectivity index (χ1n) is 7.19. The predicted molar refractivity (Wildman–Crippen MR) is 96.7 cm³/mol. The van der Waals surface area contributed by atoms with Gasteiger partial charge in [-0.2, -0.15) is 0 Å². The van der Waals surface area contributed by atoms with E-state index < -0.39 is 0 Å². The summed E-state index contributed by atoms with van der Waals surface area (Å²) in [6, 6.07) is 7.32. The number of nitrogens with one attached hydrogen (secondary N) is 1. The normalized spacial score (nSPS) is 10.6. The van der Waals surface area contributed by atoms with Crippen LogP contribution in [0, 0.1) is 0 Å². The van der Waals surface area contributed by atoms with Crippen molar-refractivity contribution >= 4 is 38.8 Å². The van der Waals surface area contributed by atoms with Crippen molar-refractivity contribution in [2.75, 3.05) is 24.8 Å². The van der Waals surface area contributed by atoms with E-state index in [1.165, 1.54) is 22.7 Å². The number of nitrogen functional groups attached to an aromatic ring is 1. The van der Waals surface area contributed by atoms with Gasteiger partial charge in [-0.15, -0.1) is 21.5 Å². The highest BCUT2D eigenvalue weighted by Gasteiger charge is 2.10. The second kappa shape index (κ2) is 8.01. The Balaban J connectivity index is 1.56. The van der Waals surface area contributed by atoms with E-state index >= 15 is 0 Å². The minimum absolute atomic E-state index is 0.137. The molecule has 0 radical (unpaired) electrons. The van der Waals surface area contributed by atoms with Crippen LogP contribution in [0.15, 0.2) is 29.6 Å². The molecule has 2 heterocycles. The van der Waals surface area contributed by atoms with Crippen molar-refractivity contribution < 1.29 is 14.3 Å². The summed E-state index contributed by atoms with van der Waals surface area (Å²) in [5, 5.41) is 13.9. The van der Waals surface area contributed by atoms with Gasteiger partial charge >= 0.3 is 0 Å². The van der Waals surface area contributed by atoms with E-state index in [0.29, 0.717) is 27.6 Å². The number of carbonyl (C=O) groups excluding carboxylic acids is 1. The van der Waals surface area contributed by atoms with Crippen LogP contribution in [-0.4, -0.2) is 34.8 Å². The summed E-state index contributed by atoms with van der Waals surface area (Å²) in [5.74, 6) is 0.250. The van der Waals surface area contributed by atoms with Crippen molar-refractivity contribution in [3.05, 3.63) is 34.7 Å². The van der Waals surface area contributed by atoms with Crippen molar-refractivity contribution in [2.45, 2.75) is 6.61 Å². The number of hydrogen-bond donors (Lipinski definition) is 2. The third-order valence-corrected chi connectivity index (χ3v) is 4.49. The van der Waals surface area contributed by atoms with Gasteiger partial charge in [-0.3, -0.25) is 10.1 Å². The monoisotopic (exact) mass is 377 g/mol. The Bertz CT molecular complexity index is 864. The SMILES string of the molecule is COCc1nnc(NC(=O)COc2cccc(-c3csc(N)n3)c2)s1. The molecule has 0 saturated carbocycles. The summed E-state index contributed by atoms with van der Waals surface area (Å²) in [4.78, 5) is 16.2. The highest BCUT2D eigenvalue weighted by Crippen LogP contribution is 2.26. The molecule has 0 spiro atoms. The standard InChI is InChI=1S/C15H15N5O3S2/c1-22-7-13-19-20-15(25-13)18-12(21)6-23-10-4-2-3-9(5-10)11-8-24-14(16)17-11/h2-5,8H,6-7H2,1H3,(H2,16,17)(H,18,20,21). The molecule has 3 rings (SSSR count). The van der Waals surface area contributed by atoms with Gasteiger partial charge in [0.1, 0.15) is 17.4 Å². The van der Waals surface area contributed by atoms with Crippen molar-refractivity contribution in [1.29, 1.82) is 0 Å². The van der Waals surface area contributed by atoms with Crippen LogP contribution in [0.4, 0.5) is 10.3 Å². The number of hydrogen-bond acceptors (Lipinski definition) is 9. The molecule has 0 saturated heterocycles. The quantitative estimate of drug-likeness (QED) is 0.650. The van der Waals surface area contributed by atoms with Gasteiger partial charge in [0.05, 0.1) is 5.69 Å². The Morgan fingerprint density at radius 3 is 3.00 bits per heavy atom. The van der Waals surface area contributed by atoms with Crippen LogP contribution >= 0.6 is 22.7 Å². The van der Waals surface area contributed by atoms with Crippen LogP contribution in [0.3, 0.4) is 0 Å². The van der Waals surface area contributed by atoms with Crippen LogP contribution in [0.1, 0.15) is 5.01 Å². The fourth-order valence-electron chi connectivity index (χ4n) is 1.96. The van der Waals surface area contributed by atoms with Gasteiger partial charge < -0.3 is 15.2 Å². The summed E-state index contributed by atoms with van der Waals surface area (Å²) in [6.45, 7) is 0.222. The Hall–Kier alpha value is -2.56. The van der Waals surface area contributed by atoms with E-state index in [0.717, 1.165) is 11.3 Å². The fourth-order valence-corrected chi connectivity index (χ4v) is 3.26. The number of rotatable bonds is 7. The second-order valence-corrected chi connectivity index (χ2v) is 6.82. The largest absolute Gasteiger partial charge is 0.484 e. The number of amides is 1. The second-order valence-electron chi connectivity index (χ2n) is 4.87. The number of nitrogens with two attached hydrogens (primary N) is 1. The van der Waals surface area contributed by atoms with Crippen molar-refractivity contribution in [1.82, 2.24) is 15.2 Å². The maximum Gasteiger partial charge on any atom is 0.264 e. The smallest absolute Gasteiger partial charge is 0.264 e. The number of carbonyl (C=O) groups is 1. The first-order valence-corrected chi connectivity index (χ1v) is 8.89. The molecule has 0 fully saturated rings. The van der Waals surface area contributed by atoms with E-state index in [1.54, 1.807) is 13.2 Å². The molecule has 130 valence electrons. The molecule has 0 unspecified atom stereocenters. The molecular formula is C15H15N5O3S2. The molecular weight excluding hydrogens is 362 g/mol. The van der Waals surface area contributed by atoms with Crippen molar-refractivity contribution in [3.63, 3.8) is 0 Å². The number of nitrogens with zero attached hydrogens (tertiary/aromatic N) is 3. The minimum atomic E-state index is -0.316. The minimum Gasteiger partial charge on any atom is -0.484 e. The summed E-state index contributed by atoms with van der Waals surface area (Å²) < 4.78 is 10.5. The summed E-state index contributed by atoms with van der Waals surface area (Å²) in [7, 11) is 1.57. The van der Waals surface area contributed by atoms with Gasteiger partial charge in [-0.05, 0) is 12.1 Å². The van der Waals surface area contributed by atoms with Gasteiger partial charge in [-0.25, -0.2) is 4.98 Å². The molecule has 0 aliphatic carbocycles. The highest BCUT2D eigenvalue weighted by atomic mass is 32.1. The summed E-state index contributed by atoms with van der Waals surface area (Å²) in [5.41, 5.74) is 7.30. The Morgan fingerprint density at radius 1 is 1.36 bits per heavy atom. The van der Waals surface area contributed by atoms with Crippen LogP contribution in [0.25, 0.3) is 11.3 Å². The molecule has 8 nitrogen and oxygen atoms in total. The van der Waals surface area contributed by atoms with Gasteiger partial charge in [0.2, 0.25) is 5.13 Å². The number of aromatic nitrogens is 3. The van der Waals surface area contributed by atoms with E-state index in [4.69, 9.17) is 15.2 Å². The maximum atomic E-state index is 12.0. The number of thiazole rings is 1. The molecule has 1 aromatic carbocycles. The summed E-state index contributed by atoms with van der Waals surface area (Å²) >= 11 is 2.63. The summed E-state index contributed by atoms with van der Waals surface area (Å²) in [6.07, 6.45) is 0. The van der Waals surface area contributed by atoms with Gasteiger partial charge in [0.15, 0.2) is 11.7 Å². The zero-order chi connectivity index (χ0) is 17.6. The lowest BCUT2D eigenvalue weighted by Gasteiger charge is -2.06. The molecule has 2 aromatic heterocycles. The topological polar surface area (TPSA) is 112 Å². The van der Waals surface area contributed by atoms with E-state index in [2.05, 4.69) is 20.5 Å². The fraction of sp³-hybridized carbons (Fsp3) is 0.200. The maximum absolute atomic E-state index is 12.0. The molecule has 3 N–H and O–H groups in total. The van der Waals surface area contributed by atoms with Gasteiger partial charge in [0, 0.05) is 18.1 Å². The van der Waals surface area contributed by atoms with Gasteiger partial charge in [0.25, 0.3) is 5.91 Å². The van der Waals surface area contributed by atoms with Crippen molar-refractivity contribution in [2.24, 2.45) is 0 Å². The Labute approximate surface area is 151 Å². The number of ether oxygens (including phenoxy) is 2. The third kappa shape index (κ3) is 4.72. The predicted octanol–water partition coefficient (Wildman–Crippen LogP) is 2.41. The molecule has 25 heavy (non-hydrogen) atoms. The number of anilines is 2. The third-order valence-electron chi connectivity index (χ3n) is 3.00. The molecule has 3 aromatic rings. The number of methoxy groups -OCH3 is 1. The Kier molecular flexibility index (Phi) is 5.53. The van der Waals surface area contributed by atoms with E-state index in [9.17, 15) is 4.79 Å². The van der Waals surface area contributed by atoms with Crippen LogP contribution < -0.4 is 15.8 Å². The molecule has 0 aliphatic heterocycles.